The zero-order chi connectivity index (χ0) is 35.2. The van der Waals surface area contributed by atoms with Crippen molar-refractivity contribution in [2.45, 2.75) is 187 Å². The predicted octanol–water partition coefficient (Wildman–Crippen LogP) is 11.3. The fraction of sp³-hybridized carbons (Fsp3) is 0.872. The number of allylic oxidation sites excluding steroid dienone is 4. The molecule has 0 aliphatic heterocycles. The Bertz CT molecular complexity index is 792. The number of carbonyl (C=O) groups is 1. The highest BCUT2D eigenvalue weighted by Crippen LogP contribution is 2.43. The number of nitrogens with two attached hydrogens (primary N) is 1. The largest absolute Gasteiger partial charge is 0.472 e. The summed E-state index contributed by atoms with van der Waals surface area (Å²) in [6, 6.07) is 0. The van der Waals surface area contributed by atoms with Crippen LogP contribution in [0.4, 0.5) is 0 Å². The van der Waals surface area contributed by atoms with Crippen LogP contribution in [0.5, 0.6) is 0 Å². The molecule has 0 spiro atoms. The first-order valence-corrected chi connectivity index (χ1v) is 21.3. The number of carbonyl (C=O) groups excluding carboxylic acids is 1. The van der Waals surface area contributed by atoms with Crippen LogP contribution in [0.3, 0.4) is 0 Å². The second-order valence-electron chi connectivity index (χ2n) is 13.1. The summed E-state index contributed by atoms with van der Waals surface area (Å²) in [6.07, 6.45) is 39.1. The van der Waals surface area contributed by atoms with Crippen LogP contribution in [0.15, 0.2) is 24.3 Å². The standard InChI is InChI=1S/C39H76NO7P/c1-3-5-7-9-11-13-15-17-18-19-21-23-25-27-29-31-34-44-38(37-47-48(42,43)46-35-33-40)36-45-39(41)32-30-28-26-24-22-20-16-14-12-10-8-6-4-2/h11,13,17-18,38H,3-10,12,14-16,19-37,40H2,1-2H3,(H,42,43)/t38-/m1/s1. The second-order valence-corrected chi connectivity index (χ2v) is 14.6. The molecule has 0 radical (unpaired) electrons. The fourth-order valence-corrected chi connectivity index (χ4v) is 6.18. The van der Waals surface area contributed by atoms with Gasteiger partial charge in [-0.25, -0.2) is 4.57 Å². The van der Waals surface area contributed by atoms with Crippen LogP contribution in [0.2, 0.25) is 0 Å². The van der Waals surface area contributed by atoms with Gasteiger partial charge in [-0.3, -0.25) is 13.8 Å². The Morgan fingerprint density at radius 1 is 0.625 bits per heavy atom. The lowest BCUT2D eigenvalue weighted by atomic mass is 10.0. The molecule has 48 heavy (non-hydrogen) atoms. The summed E-state index contributed by atoms with van der Waals surface area (Å²) in [4.78, 5) is 22.2. The Balaban J connectivity index is 4.08. The number of rotatable bonds is 38. The molecule has 0 aromatic carbocycles. The van der Waals surface area contributed by atoms with Gasteiger partial charge in [-0.1, -0.05) is 154 Å². The van der Waals surface area contributed by atoms with Crippen molar-refractivity contribution in [1.82, 2.24) is 0 Å². The van der Waals surface area contributed by atoms with Crippen molar-refractivity contribution in [2.24, 2.45) is 5.73 Å². The van der Waals surface area contributed by atoms with Gasteiger partial charge in [0.15, 0.2) is 0 Å². The Kier molecular flexibility index (Phi) is 36.4. The molecule has 9 heteroatoms. The lowest BCUT2D eigenvalue weighted by molar-refractivity contribution is -0.149. The quantitative estimate of drug-likeness (QED) is 0.0283. The maximum absolute atomic E-state index is 12.4. The Morgan fingerprint density at radius 2 is 1.10 bits per heavy atom. The van der Waals surface area contributed by atoms with E-state index in [9.17, 15) is 14.3 Å². The third-order valence-electron chi connectivity index (χ3n) is 8.41. The van der Waals surface area contributed by atoms with Crippen molar-refractivity contribution in [3.05, 3.63) is 24.3 Å². The summed E-state index contributed by atoms with van der Waals surface area (Å²) in [6.45, 7) is 4.77. The van der Waals surface area contributed by atoms with Gasteiger partial charge in [0.1, 0.15) is 12.7 Å². The average Bonchev–Trinajstić information content (AvgIpc) is 3.08. The summed E-state index contributed by atoms with van der Waals surface area (Å²) in [5.41, 5.74) is 5.36. The van der Waals surface area contributed by atoms with Crippen LogP contribution in [-0.4, -0.2) is 49.9 Å². The van der Waals surface area contributed by atoms with Gasteiger partial charge in [-0.05, 0) is 44.9 Å². The summed E-state index contributed by atoms with van der Waals surface area (Å²) in [5.74, 6) is -0.271. The molecule has 0 heterocycles. The molecule has 3 N–H and O–H groups in total. The molecule has 0 rings (SSSR count). The minimum absolute atomic E-state index is 0.0175. The van der Waals surface area contributed by atoms with Gasteiger partial charge in [0.2, 0.25) is 0 Å². The van der Waals surface area contributed by atoms with E-state index in [0.29, 0.717) is 13.0 Å². The molecule has 284 valence electrons. The van der Waals surface area contributed by atoms with E-state index in [-0.39, 0.29) is 32.3 Å². The Labute approximate surface area is 296 Å². The van der Waals surface area contributed by atoms with Crippen molar-refractivity contribution in [3.63, 3.8) is 0 Å². The summed E-state index contributed by atoms with van der Waals surface area (Å²) >= 11 is 0. The van der Waals surface area contributed by atoms with E-state index in [1.807, 2.05) is 0 Å². The highest BCUT2D eigenvalue weighted by Gasteiger charge is 2.24. The van der Waals surface area contributed by atoms with Gasteiger partial charge in [0.25, 0.3) is 0 Å². The first kappa shape index (κ1) is 47.0. The van der Waals surface area contributed by atoms with Gasteiger partial charge in [0, 0.05) is 19.6 Å². The number of phosphoric acid groups is 1. The SMILES string of the molecule is CCCCCC=CCC=CCCCCCCCCO[C@H](COC(=O)CCCCCCCCCCCCCCC)COP(=O)(O)OCCN. The highest BCUT2D eigenvalue weighted by molar-refractivity contribution is 7.47. The summed E-state index contributed by atoms with van der Waals surface area (Å²) in [5, 5.41) is 0. The first-order chi connectivity index (χ1) is 23.4. The maximum Gasteiger partial charge on any atom is 0.472 e. The smallest absolute Gasteiger partial charge is 0.463 e. The van der Waals surface area contributed by atoms with E-state index in [4.69, 9.17) is 24.3 Å². The van der Waals surface area contributed by atoms with Crippen molar-refractivity contribution < 1.29 is 32.8 Å². The first-order valence-electron chi connectivity index (χ1n) is 19.8. The van der Waals surface area contributed by atoms with Gasteiger partial charge in [0.05, 0.1) is 13.2 Å². The number of esters is 1. The molecule has 0 amide bonds. The minimum Gasteiger partial charge on any atom is -0.463 e. The van der Waals surface area contributed by atoms with Crippen LogP contribution < -0.4 is 5.73 Å². The monoisotopic (exact) mass is 702 g/mol. The van der Waals surface area contributed by atoms with Crippen LogP contribution in [0.1, 0.15) is 181 Å². The van der Waals surface area contributed by atoms with Crippen LogP contribution in [-0.2, 0) is 27.9 Å². The van der Waals surface area contributed by atoms with E-state index in [0.717, 1.165) is 51.4 Å². The molecule has 8 nitrogen and oxygen atoms in total. The number of unbranched alkanes of at least 4 members (excludes halogenated alkanes) is 21. The van der Waals surface area contributed by atoms with E-state index in [1.165, 1.54) is 109 Å². The summed E-state index contributed by atoms with van der Waals surface area (Å²) < 4.78 is 33.4. The van der Waals surface area contributed by atoms with Gasteiger partial charge in [-0.15, -0.1) is 0 Å². The normalized spacial score (nSPS) is 13.8. The molecule has 0 aromatic rings. The second kappa shape index (κ2) is 37.2. The number of phosphoric ester groups is 1. The number of ether oxygens (including phenoxy) is 2. The van der Waals surface area contributed by atoms with Gasteiger partial charge in [-0.2, -0.15) is 0 Å². The Hall–Kier alpha value is -1.02. The Morgan fingerprint density at radius 3 is 1.67 bits per heavy atom. The van der Waals surface area contributed by atoms with Crippen LogP contribution in [0, 0.1) is 0 Å². The highest BCUT2D eigenvalue weighted by atomic mass is 31.2. The maximum atomic E-state index is 12.4. The molecule has 1 unspecified atom stereocenters. The molecule has 0 saturated heterocycles. The third-order valence-corrected chi connectivity index (χ3v) is 9.39. The topological polar surface area (TPSA) is 117 Å². The molecule has 0 aliphatic carbocycles. The lowest BCUT2D eigenvalue weighted by Crippen LogP contribution is -2.27. The van der Waals surface area contributed by atoms with E-state index < -0.39 is 13.9 Å². The summed E-state index contributed by atoms with van der Waals surface area (Å²) in [7, 11) is -4.24. The zero-order valence-electron chi connectivity index (χ0n) is 31.2. The number of hydrogen-bond donors (Lipinski definition) is 2. The van der Waals surface area contributed by atoms with Crippen molar-refractivity contribution in [2.75, 3.05) is 33.0 Å². The zero-order valence-corrected chi connectivity index (χ0v) is 32.1. The molecule has 0 fully saturated rings. The van der Waals surface area contributed by atoms with Crippen molar-refractivity contribution >= 4 is 13.8 Å². The molecule has 0 saturated carbocycles. The molecule has 0 aromatic heterocycles. The minimum atomic E-state index is -4.24. The fourth-order valence-electron chi connectivity index (χ4n) is 5.41. The van der Waals surface area contributed by atoms with Crippen molar-refractivity contribution in [1.29, 1.82) is 0 Å². The lowest BCUT2D eigenvalue weighted by Gasteiger charge is -2.20. The molecular formula is C39H76NO7P. The molecule has 2 atom stereocenters. The van der Waals surface area contributed by atoms with Crippen LogP contribution in [0.25, 0.3) is 0 Å². The van der Waals surface area contributed by atoms with Crippen LogP contribution >= 0.6 is 7.82 Å². The van der Waals surface area contributed by atoms with E-state index in [1.54, 1.807) is 0 Å². The molecule has 0 bridgehead atoms. The van der Waals surface area contributed by atoms with Gasteiger partial charge < -0.3 is 20.1 Å². The van der Waals surface area contributed by atoms with E-state index in [2.05, 4.69) is 38.2 Å². The average molecular weight is 702 g/mol. The molecule has 0 aliphatic rings. The van der Waals surface area contributed by atoms with Crippen molar-refractivity contribution in [3.8, 4) is 0 Å². The van der Waals surface area contributed by atoms with E-state index >= 15 is 0 Å². The number of hydrogen-bond acceptors (Lipinski definition) is 7. The predicted molar refractivity (Wildman–Crippen MR) is 201 cm³/mol. The third kappa shape index (κ3) is 36.3. The molecular weight excluding hydrogens is 625 g/mol. The van der Waals surface area contributed by atoms with Gasteiger partial charge >= 0.3 is 13.8 Å².